The number of carboxylic acids is 1. The molecule has 4 rings (SSSR count). The molecular formula is C20H12N4O7S2. The van der Waals surface area contributed by atoms with Crippen molar-refractivity contribution in [2.24, 2.45) is 5.10 Å². The maximum Gasteiger partial charge on any atom is 0.323 e. The van der Waals surface area contributed by atoms with E-state index in [0.29, 0.717) is 11.3 Å². The fourth-order valence-corrected chi connectivity index (χ4v) is 4.53. The molecule has 2 aliphatic rings. The Morgan fingerprint density at radius 2 is 1.94 bits per heavy atom. The number of nitrogens with zero attached hydrogens (tertiary/aromatic N) is 4. The van der Waals surface area contributed by atoms with Crippen LogP contribution in [0.4, 0.5) is 11.4 Å². The predicted octanol–water partition coefficient (Wildman–Crippen LogP) is 2.34. The first-order valence-corrected chi connectivity index (χ1v) is 10.4. The van der Waals surface area contributed by atoms with E-state index in [4.69, 9.17) is 17.3 Å². The number of nitro benzene ring substituents is 1. The number of anilines is 1. The van der Waals surface area contributed by atoms with Crippen LogP contribution in [0.1, 0.15) is 11.1 Å². The maximum absolute atomic E-state index is 13.1. The SMILES string of the molecule is O=C(O)CN1C(=O)/C(=C2\SC(=S)N(N=Cc3cc([N+](=O)[O-])ccc3O)C2=O)c2ccccc21. The second kappa shape index (κ2) is 8.44. The van der Waals surface area contributed by atoms with Gasteiger partial charge in [0.25, 0.3) is 17.5 Å². The number of aromatic hydroxyl groups is 1. The molecular weight excluding hydrogens is 472 g/mol. The number of carboxylic acid groups (broad SMARTS) is 1. The van der Waals surface area contributed by atoms with Crippen molar-refractivity contribution in [2.75, 3.05) is 11.4 Å². The maximum atomic E-state index is 13.1. The molecule has 2 N–H and O–H groups in total. The fraction of sp³-hybridized carbons (Fsp3) is 0.0500. The average Bonchev–Trinajstić information content (AvgIpc) is 3.19. The lowest BCUT2D eigenvalue weighted by Crippen LogP contribution is -2.32. The van der Waals surface area contributed by atoms with Crippen molar-refractivity contribution >= 4 is 69.2 Å². The molecule has 0 aromatic heterocycles. The summed E-state index contributed by atoms with van der Waals surface area (Å²) in [4.78, 5) is 48.6. The molecule has 0 unspecified atom stereocenters. The van der Waals surface area contributed by atoms with Gasteiger partial charge in [0.1, 0.15) is 12.3 Å². The molecule has 33 heavy (non-hydrogen) atoms. The van der Waals surface area contributed by atoms with E-state index in [9.17, 15) is 29.6 Å². The zero-order chi connectivity index (χ0) is 23.9. The van der Waals surface area contributed by atoms with Crippen LogP contribution in [0.25, 0.3) is 5.57 Å². The zero-order valence-electron chi connectivity index (χ0n) is 16.4. The fourth-order valence-electron chi connectivity index (χ4n) is 3.28. The second-order valence-electron chi connectivity index (χ2n) is 6.74. The number of non-ortho nitro benzene ring substituents is 1. The van der Waals surface area contributed by atoms with Gasteiger partial charge in [-0.3, -0.25) is 29.4 Å². The smallest absolute Gasteiger partial charge is 0.323 e. The largest absolute Gasteiger partial charge is 0.507 e. The Hall–Kier alpha value is -4.10. The summed E-state index contributed by atoms with van der Waals surface area (Å²) in [7, 11) is 0. The number of carbonyl (C=O) groups is 3. The molecule has 2 amide bonds. The lowest BCUT2D eigenvalue weighted by molar-refractivity contribution is -0.384. The Morgan fingerprint density at radius 1 is 1.21 bits per heavy atom. The normalized spacial score (nSPS) is 17.9. The Labute approximate surface area is 194 Å². The number of fused-ring (bicyclic) bond motifs is 1. The second-order valence-corrected chi connectivity index (χ2v) is 8.38. The van der Waals surface area contributed by atoms with Crippen molar-refractivity contribution in [1.29, 1.82) is 0 Å². The number of amides is 2. The third kappa shape index (κ3) is 3.94. The van der Waals surface area contributed by atoms with Gasteiger partial charge in [0, 0.05) is 23.3 Å². The van der Waals surface area contributed by atoms with Gasteiger partial charge in [-0.25, -0.2) is 0 Å². The van der Waals surface area contributed by atoms with E-state index in [1.165, 1.54) is 0 Å². The molecule has 2 aliphatic heterocycles. The van der Waals surface area contributed by atoms with Crippen LogP contribution < -0.4 is 4.90 Å². The standard InChI is InChI=1S/C20H12N4O7S2/c25-14-6-5-11(24(30)31)7-10(14)8-21-23-19(29)17(33-20(23)32)16-12-3-1-2-4-13(12)22(18(16)28)9-15(26)27/h1-8,25H,9H2,(H,26,27)/b17-16-,21-8?. The van der Waals surface area contributed by atoms with Gasteiger partial charge in [-0.1, -0.05) is 30.0 Å². The van der Waals surface area contributed by atoms with Crippen molar-refractivity contribution < 1.29 is 29.5 Å². The summed E-state index contributed by atoms with van der Waals surface area (Å²) in [6.45, 7) is -0.580. The summed E-state index contributed by atoms with van der Waals surface area (Å²) in [5.74, 6) is -2.88. The number of hydrogen-bond donors (Lipinski definition) is 2. The molecule has 13 heteroatoms. The van der Waals surface area contributed by atoms with E-state index in [1.807, 2.05) is 0 Å². The first-order chi connectivity index (χ1) is 15.7. The highest BCUT2D eigenvalue weighted by atomic mass is 32.2. The molecule has 166 valence electrons. The van der Waals surface area contributed by atoms with Crippen LogP contribution in [0, 0.1) is 10.1 Å². The summed E-state index contributed by atoms with van der Waals surface area (Å²) < 4.78 is -0.00867. The number of hydrazone groups is 1. The van der Waals surface area contributed by atoms with Crippen molar-refractivity contribution in [2.45, 2.75) is 0 Å². The van der Waals surface area contributed by atoms with Gasteiger partial charge in [0.05, 0.1) is 27.3 Å². The lowest BCUT2D eigenvalue weighted by Gasteiger charge is -2.13. The van der Waals surface area contributed by atoms with Gasteiger partial charge < -0.3 is 10.2 Å². The van der Waals surface area contributed by atoms with Crippen LogP contribution in [0.5, 0.6) is 5.75 Å². The molecule has 1 saturated heterocycles. The quantitative estimate of drug-likeness (QED) is 0.214. The highest BCUT2D eigenvalue weighted by Crippen LogP contribution is 2.44. The van der Waals surface area contributed by atoms with Crippen LogP contribution in [-0.4, -0.2) is 55.0 Å². The van der Waals surface area contributed by atoms with E-state index in [1.54, 1.807) is 24.3 Å². The average molecular weight is 484 g/mol. The predicted molar refractivity (Wildman–Crippen MR) is 123 cm³/mol. The van der Waals surface area contributed by atoms with Gasteiger partial charge in [-0.05, 0) is 24.4 Å². The number of hydrogen-bond acceptors (Lipinski definition) is 9. The van der Waals surface area contributed by atoms with Crippen molar-refractivity contribution in [3.05, 3.63) is 68.6 Å². The van der Waals surface area contributed by atoms with Gasteiger partial charge in [0.15, 0.2) is 4.32 Å². The van der Waals surface area contributed by atoms with Crippen LogP contribution in [0.2, 0.25) is 0 Å². The van der Waals surface area contributed by atoms with Crippen LogP contribution >= 0.6 is 24.0 Å². The number of thiocarbonyl (C=S) groups is 1. The molecule has 1 fully saturated rings. The zero-order valence-corrected chi connectivity index (χ0v) is 18.0. The highest BCUT2D eigenvalue weighted by molar-refractivity contribution is 8.26. The lowest BCUT2D eigenvalue weighted by atomic mass is 10.1. The topological polar surface area (TPSA) is 154 Å². The number of para-hydroxylation sites is 1. The number of aliphatic carboxylic acids is 1. The number of carbonyl (C=O) groups excluding carboxylic acids is 2. The summed E-state index contributed by atoms with van der Waals surface area (Å²) in [5, 5.41) is 34.8. The van der Waals surface area contributed by atoms with Crippen LogP contribution in [0.15, 0.2) is 52.5 Å². The molecule has 2 aromatic carbocycles. The molecule has 11 nitrogen and oxygen atoms in total. The van der Waals surface area contributed by atoms with Gasteiger partial charge in [0.2, 0.25) is 0 Å². The van der Waals surface area contributed by atoms with Gasteiger partial charge in [-0.15, -0.1) is 0 Å². The third-order valence-electron chi connectivity index (χ3n) is 4.73. The van der Waals surface area contributed by atoms with E-state index in [0.717, 1.165) is 46.1 Å². The number of benzene rings is 2. The molecule has 0 radical (unpaired) electrons. The minimum Gasteiger partial charge on any atom is -0.507 e. The molecule has 2 aromatic rings. The van der Waals surface area contributed by atoms with Crippen LogP contribution in [-0.2, 0) is 14.4 Å². The monoisotopic (exact) mass is 484 g/mol. The number of thioether (sulfide) groups is 1. The molecule has 0 bridgehead atoms. The van der Waals surface area contributed by atoms with Crippen molar-refractivity contribution in [1.82, 2.24) is 5.01 Å². The first kappa shape index (κ1) is 22.1. The van der Waals surface area contributed by atoms with Gasteiger partial charge in [-0.2, -0.15) is 10.1 Å². The minimum atomic E-state index is -1.21. The van der Waals surface area contributed by atoms with Crippen molar-refractivity contribution in [3.8, 4) is 5.75 Å². The minimum absolute atomic E-state index is 0.00867. The molecule has 0 saturated carbocycles. The molecule has 2 heterocycles. The van der Waals surface area contributed by atoms with Crippen LogP contribution in [0.3, 0.4) is 0 Å². The molecule has 0 spiro atoms. The van der Waals surface area contributed by atoms with E-state index < -0.39 is 29.3 Å². The molecule has 0 aliphatic carbocycles. The first-order valence-electron chi connectivity index (χ1n) is 9.14. The highest BCUT2D eigenvalue weighted by Gasteiger charge is 2.42. The Morgan fingerprint density at radius 3 is 2.64 bits per heavy atom. The Kier molecular flexibility index (Phi) is 5.66. The number of rotatable bonds is 5. The van der Waals surface area contributed by atoms with E-state index in [2.05, 4.69) is 5.10 Å². The van der Waals surface area contributed by atoms with Crippen molar-refractivity contribution in [3.63, 3.8) is 0 Å². The van der Waals surface area contributed by atoms with Gasteiger partial charge >= 0.3 is 5.97 Å². The number of phenolic OH excluding ortho intramolecular Hbond substituents is 1. The Bertz CT molecular complexity index is 1320. The summed E-state index contributed by atoms with van der Waals surface area (Å²) in [6.07, 6.45) is 1.04. The summed E-state index contributed by atoms with van der Waals surface area (Å²) >= 11 is 6.04. The summed E-state index contributed by atoms with van der Waals surface area (Å²) in [5.41, 5.74) is 0.467. The number of phenols is 1. The number of nitro groups is 1. The van der Waals surface area contributed by atoms with E-state index in [-0.39, 0.29) is 31.8 Å². The van der Waals surface area contributed by atoms with E-state index >= 15 is 0 Å². The third-order valence-corrected chi connectivity index (χ3v) is 6.08. The Balaban J connectivity index is 1.71. The summed E-state index contributed by atoms with van der Waals surface area (Å²) in [6, 6.07) is 9.79. The molecule has 0 atom stereocenters.